The fraction of sp³-hybridized carbons (Fsp3) is 0.324. The first-order valence-electron chi connectivity index (χ1n) is 14.4. The van der Waals surface area contributed by atoms with Crippen LogP contribution < -0.4 is 4.90 Å². The highest BCUT2D eigenvalue weighted by Crippen LogP contribution is 2.33. The Kier molecular flexibility index (Phi) is 11.3. The van der Waals surface area contributed by atoms with Crippen LogP contribution in [0.4, 0.5) is 14.6 Å². The summed E-state index contributed by atoms with van der Waals surface area (Å²) in [5.41, 5.74) is 4.48. The molecule has 2 fully saturated rings. The Morgan fingerprint density at radius 2 is 1.19 bits per heavy atom. The molecule has 0 unspecified atom stereocenters. The Morgan fingerprint density at radius 1 is 0.643 bits per heavy atom. The molecule has 8 heteroatoms. The minimum atomic E-state index is -0.242. The van der Waals surface area contributed by atoms with Crippen molar-refractivity contribution in [2.75, 3.05) is 57.3 Å². The standard InChI is InChI=1S/C34H36F2N4.2ClH/c35-30-10-6-27(7-11-30)33(28-8-12-31(36)13-9-28)29-15-20-38(21-16-29)18-3-19-39-22-24-40(25-23-39)34-32-5-2-1-4-26(32)14-17-37-34;;/h1-2,4-14,17H,3,15-16,18-25H2;2*1H. The molecule has 0 amide bonds. The van der Waals surface area contributed by atoms with Crippen LogP contribution >= 0.6 is 24.8 Å². The largest absolute Gasteiger partial charge is 0.354 e. The van der Waals surface area contributed by atoms with Gasteiger partial charge in [-0.25, -0.2) is 13.8 Å². The van der Waals surface area contributed by atoms with E-state index >= 15 is 0 Å². The topological polar surface area (TPSA) is 22.6 Å². The molecule has 4 aromatic rings. The lowest BCUT2D eigenvalue weighted by molar-refractivity contribution is 0.212. The molecule has 3 heterocycles. The summed E-state index contributed by atoms with van der Waals surface area (Å²) in [7, 11) is 0. The molecule has 0 spiro atoms. The summed E-state index contributed by atoms with van der Waals surface area (Å²) in [5.74, 6) is 0.623. The molecule has 0 N–H and O–H groups in total. The number of piperazine rings is 1. The highest BCUT2D eigenvalue weighted by Gasteiger charge is 2.21. The van der Waals surface area contributed by atoms with E-state index in [9.17, 15) is 8.78 Å². The van der Waals surface area contributed by atoms with Crippen LogP contribution in [0.2, 0.25) is 0 Å². The van der Waals surface area contributed by atoms with Crippen LogP contribution in [0.15, 0.2) is 90.6 Å². The van der Waals surface area contributed by atoms with E-state index in [-0.39, 0.29) is 36.4 Å². The van der Waals surface area contributed by atoms with Crippen molar-refractivity contribution in [1.29, 1.82) is 0 Å². The van der Waals surface area contributed by atoms with Gasteiger partial charge in [0.25, 0.3) is 0 Å². The summed E-state index contributed by atoms with van der Waals surface area (Å²) in [6.07, 6.45) is 5.03. The third-order valence-electron chi connectivity index (χ3n) is 8.35. The first-order chi connectivity index (χ1) is 19.6. The van der Waals surface area contributed by atoms with Gasteiger partial charge in [-0.3, -0.25) is 4.90 Å². The second-order valence-corrected chi connectivity index (χ2v) is 10.9. The van der Waals surface area contributed by atoms with E-state index in [0.717, 1.165) is 94.1 Å². The summed E-state index contributed by atoms with van der Waals surface area (Å²) in [6.45, 7) is 8.40. The van der Waals surface area contributed by atoms with E-state index in [1.807, 2.05) is 30.5 Å². The van der Waals surface area contributed by atoms with E-state index in [1.165, 1.54) is 40.6 Å². The second-order valence-electron chi connectivity index (χ2n) is 10.9. The van der Waals surface area contributed by atoms with Gasteiger partial charge in [0.15, 0.2) is 0 Å². The number of nitrogens with zero attached hydrogens (tertiary/aromatic N) is 4. The van der Waals surface area contributed by atoms with Crippen LogP contribution in [0.25, 0.3) is 16.3 Å². The maximum atomic E-state index is 13.6. The number of benzene rings is 3. The number of piperidine rings is 1. The number of rotatable bonds is 7. The van der Waals surface area contributed by atoms with Gasteiger partial charge in [0.1, 0.15) is 17.5 Å². The van der Waals surface area contributed by atoms with Crippen molar-refractivity contribution in [1.82, 2.24) is 14.8 Å². The van der Waals surface area contributed by atoms with Crippen LogP contribution in [0.1, 0.15) is 30.4 Å². The number of likely N-dealkylation sites (tertiary alicyclic amines) is 1. The van der Waals surface area contributed by atoms with Crippen molar-refractivity contribution >= 4 is 47.0 Å². The second kappa shape index (κ2) is 14.9. The third kappa shape index (κ3) is 7.48. The molecular formula is C34H38Cl2F2N4. The minimum Gasteiger partial charge on any atom is -0.354 e. The predicted octanol–water partition coefficient (Wildman–Crippen LogP) is 7.47. The predicted molar refractivity (Wildman–Crippen MR) is 174 cm³/mol. The van der Waals surface area contributed by atoms with Gasteiger partial charge < -0.3 is 9.80 Å². The Balaban J connectivity index is 0.00000202. The van der Waals surface area contributed by atoms with Crippen molar-refractivity contribution in [3.63, 3.8) is 0 Å². The maximum Gasteiger partial charge on any atom is 0.136 e. The third-order valence-corrected chi connectivity index (χ3v) is 8.35. The molecule has 3 aromatic carbocycles. The quantitative estimate of drug-likeness (QED) is 0.216. The van der Waals surface area contributed by atoms with Gasteiger partial charge in [-0.2, -0.15) is 0 Å². The van der Waals surface area contributed by atoms with E-state index in [2.05, 4.69) is 45.0 Å². The minimum absolute atomic E-state index is 0. The number of halogens is 4. The Labute approximate surface area is 259 Å². The monoisotopic (exact) mass is 610 g/mol. The van der Waals surface area contributed by atoms with Crippen LogP contribution in [0.5, 0.6) is 0 Å². The van der Waals surface area contributed by atoms with Crippen molar-refractivity contribution < 1.29 is 8.78 Å². The van der Waals surface area contributed by atoms with Crippen molar-refractivity contribution in [2.24, 2.45) is 0 Å². The van der Waals surface area contributed by atoms with E-state index in [1.54, 1.807) is 0 Å². The summed E-state index contributed by atoms with van der Waals surface area (Å²) in [6, 6.07) is 24.0. The molecule has 0 aliphatic carbocycles. The first-order valence-corrected chi connectivity index (χ1v) is 14.4. The molecule has 0 bridgehead atoms. The molecule has 2 aliphatic heterocycles. The average Bonchev–Trinajstić information content (AvgIpc) is 3.00. The molecular weight excluding hydrogens is 573 g/mol. The highest BCUT2D eigenvalue weighted by atomic mass is 35.5. The van der Waals surface area contributed by atoms with Crippen molar-refractivity contribution in [2.45, 2.75) is 19.3 Å². The number of pyridine rings is 1. The van der Waals surface area contributed by atoms with Gasteiger partial charge >= 0.3 is 0 Å². The molecule has 0 atom stereocenters. The molecule has 4 nitrogen and oxygen atoms in total. The molecule has 0 radical (unpaired) electrons. The van der Waals surface area contributed by atoms with E-state index in [0.29, 0.717) is 0 Å². The van der Waals surface area contributed by atoms with Crippen LogP contribution in [-0.4, -0.2) is 67.1 Å². The van der Waals surface area contributed by atoms with Crippen LogP contribution in [0, 0.1) is 11.6 Å². The van der Waals surface area contributed by atoms with Gasteiger partial charge in [-0.15, -0.1) is 24.8 Å². The lowest BCUT2D eigenvalue weighted by Gasteiger charge is -2.36. The summed E-state index contributed by atoms with van der Waals surface area (Å²) in [4.78, 5) is 12.3. The van der Waals surface area contributed by atoms with Crippen LogP contribution in [-0.2, 0) is 0 Å². The highest BCUT2D eigenvalue weighted by molar-refractivity contribution is 5.92. The van der Waals surface area contributed by atoms with E-state index in [4.69, 9.17) is 4.98 Å². The average molecular weight is 612 g/mol. The lowest BCUT2D eigenvalue weighted by atomic mass is 9.88. The number of hydrogen-bond donors (Lipinski definition) is 0. The smallest absolute Gasteiger partial charge is 0.136 e. The molecule has 2 aliphatic rings. The van der Waals surface area contributed by atoms with Gasteiger partial charge in [-0.1, -0.05) is 54.1 Å². The van der Waals surface area contributed by atoms with Gasteiger partial charge in [0, 0.05) is 50.9 Å². The molecule has 6 rings (SSSR count). The van der Waals surface area contributed by atoms with Gasteiger partial charge in [-0.05, 0) is 84.8 Å². The molecule has 2 saturated heterocycles. The lowest BCUT2D eigenvalue weighted by Crippen LogP contribution is -2.47. The normalized spacial score (nSPS) is 16.1. The first kappa shape index (κ1) is 31.9. The zero-order valence-electron chi connectivity index (χ0n) is 23.7. The Bertz CT molecular complexity index is 1410. The van der Waals surface area contributed by atoms with Gasteiger partial charge in [0.05, 0.1) is 0 Å². The fourth-order valence-electron chi connectivity index (χ4n) is 6.16. The van der Waals surface area contributed by atoms with Gasteiger partial charge in [0.2, 0.25) is 0 Å². The summed E-state index contributed by atoms with van der Waals surface area (Å²) >= 11 is 0. The zero-order valence-corrected chi connectivity index (χ0v) is 25.4. The summed E-state index contributed by atoms with van der Waals surface area (Å²) < 4.78 is 27.2. The molecule has 1 aromatic heterocycles. The number of aromatic nitrogens is 1. The van der Waals surface area contributed by atoms with E-state index < -0.39 is 0 Å². The summed E-state index contributed by atoms with van der Waals surface area (Å²) in [5, 5.41) is 2.48. The maximum absolute atomic E-state index is 13.6. The number of hydrogen-bond acceptors (Lipinski definition) is 4. The molecule has 0 saturated carbocycles. The fourth-order valence-corrected chi connectivity index (χ4v) is 6.16. The number of fused-ring (bicyclic) bond motifs is 1. The Hall–Kier alpha value is -3.03. The molecule has 42 heavy (non-hydrogen) atoms. The van der Waals surface area contributed by atoms with Crippen molar-refractivity contribution in [3.05, 3.63) is 113 Å². The Morgan fingerprint density at radius 3 is 1.79 bits per heavy atom. The van der Waals surface area contributed by atoms with Crippen molar-refractivity contribution in [3.8, 4) is 0 Å². The zero-order chi connectivity index (χ0) is 27.3. The SMILES string of the molecule is Cl.Cl.Fc1ccc(C(=C2CCN(CCCN3CCN(c4nccc5ccccc45)CC3)CC2)c2ccc(F)cc2)cc1. The molecule has 222 valence electrons. The number of anilines is 1. The van der Waals surface area contributed by atoms with Crippen LogP contribution in [0.3, 0.4) is 0 Å².